The maximum Gasteiger partial charge on any atom is 0.305 e. The lowest BCUT2D eigenvalue weighted by atomic mass is 9.71. The fourth-order valence-electron chi connectivity index (χ4n) is 4.26. The summed E-state index contributed by atoms with van der Waals surface area (Å²) in [4.78, 5) is 11.4. The Morgan fingerprint density at radius 2 is 2.14 bits per heavy atom. The lowest BCUT2D eigenvalue weighted by Crippen LogP contribution is -2.37. The summed E-state index contributed by atoms with van der Waals surface area (Å²) in [5.41, 5.74) is 4.91. The normalized spacial score (nSPS) is 28.9. The Labute approximate surface area is 173 Å². The van der Waals surface area contributed by atoms with Gasteiger partial charge in [-0.2, -0.15) is 0 Å². The highest BCUT2D eigenvalue weighted by Crippen LogP contribution is 2.42. The molecule has 158 valence electrons. The summed E-state index contributed by atoms with van der Waals surface area (Å²) < 4.78 is 18.1. The van der Waals surface area contributed by atoms with Gasteiger partial charge in [0.2, 0.25) is 0 Å². The molecule has 4 unspecified atom stereocenters. The topological polar surface area (TPSA) is 69.6 Å². The maximum atomic E-state index is 12.9. The number of aliphatic hydroxyl groups is 1. The van der Waals surface area contributed by atoms with Crippen LogP contribution in [0.5, 0.6) is 0 Å². The molecule has 2 rings (SSSR count). The fraction of sp³-hybridized carbons (Fsp3) is 0.696. The van der Waals surface area contributed by atoms with Crippen molar-refractivity contribution in [2.75, 3.05) is 6.61 Å². The van der Waals surface area contributed by atoms with Gasteiger partial charge in [0.1, 0.15) is 12.7 Å². The molecule has 5 heteroatoms. The molecule has 0 spiro atoms. The first-order chi connectivity index (χ1) is 13.1. The minimum absolute atomic E-state index is 0.119. The van der Waals surface area contributed by atoms with Crippen molar-refractivity contribution in [2.24, 2.45) is 5.41 Å². The van der Waals surface area contributed by atoms with Crippen LogP contribution in [-0.4, -0.2) is 38.8 Å². The Morgan fingerprint density at radius 1 is 1.46 bits per heavy atom. The minimum Gasteiger partial charge on any atom is -0.615 e. The second-order valence-electron chi connectivity index (χ2n) is 8.82. The monoisotopic (exact) mass is 408 g/mol. The molecule has 0 bridgehead atoms. The van der Waals surface area contributed by atoms with Crippen molar-refractivity contribution in [2.45, 2.75) is 90.3 Å². The number of hydrogen-bond acceptors (Lipinski definition) is 4. The van der Waals surface area contributed by atoms with Crippen LogP contribution in [0.25, 0.3) is 0 Å². The predicted molar refractivity (Wildman–Crippen MR) is 115 cm³/mol. The smallest absolute Gasteiger partial charge is 0.305 e. The van der Waals surface area contributed by atoms with E-state index in [1.807, 2.05) is 19.9 Å². The number of hydrogen-bond donors (Lipinski definition) is 1. The Morgan fingerprint density at radius 3 is 2.75 bits per heavy atom. The SMILES string of the molecule is CCC(=O)OCC1C(C)=CC(C(O)/C(C)=C/CC2=C(C)CCCC2(C)C)[S+]1[O-]. The number of carbonyl (C=O) groups is 1. The molecule has 0 amide bonds. The molecular weight excluding hydrogens is 372 g/mol. The van der Waals surface area contributed by atoms with Gasteiger partial charge in [0.05, 0.1) is 0 Å². The van der Waals surface area contributed by atoms with Gasteiger partial charge in [-0.15, -0.1) is 0 Å². The number of allylic oxidation sites excluding steroid dienone is 3. The van der Waals surface area contributed by atoms with Crippen molar-refractivity contribution >= 4 is 17.1 Å². The summed E-state index contributed by atoms with van der Waals surface area (Å²) in [6, 6.07) is 0. The highest BCUT2D eigenvalue weighted by molar-refractivity contribution is 7.93. The number of esters is 1. The Balaban J connectivity index is 2.05. The van der Waals surface area contributed by atoms with E-state index in [0.717, 1.165) is 24.0 Å². The van der Waals surface area contributed by atoms with Crippen LogP contribution in [0.2, 0.25) is 0 Å². The van der Waals surface area contributed by atoms with E-state index >= 15 is 0 Å². The van der Waals surface area contributed by atoms with Gasteiger partial charge in [0.25, 0.3) is 0 Å². The molecule has 0 saturated heterocycles. The fourth-order valence-corrected chi connectivity index (χ4v) is 6.11. The Hall–Kier alpha value is -1.04. The van der Waals surface area contributed by atoms with Crippen LogP contribution in [0.3, 0.4) is 0 Å². The first kappa shape index (κ1) is 23.2. The van der Waals surface area contributed by atoms with E-state index in [9.17, 15) is 14.5 Å². The lowest BCUT2D eigenvalue weighted by Gasteiger charge is -2.34. The van der Waals surface area contributed by atoms with Gasteiger partial charge in [0, 0.05) is 6.42 Å². The molecule has 1 heterocycles. The van der Waals surface area contributed by atoms with Crippen LogP contribution in [0.4, 0.5) is 0 Å². The first-order valence-electron chi connectivity index (χ1n) is 10.4. The number of aliphatic hydroxyl groups excluding tert-OH is 1. The van der Waals surface area contributed by atoms with Crippen LogP contribution in [0.1, 0.15) is 73.6 Å². The van der Waals surface area contributed by atoms with E-state index in [2.05, 4.69) is 26.8 Å². The Bertz CT molecular complexity index is 674. The molecule has 4 atom stereocenters. The van der Waals surface area contributed by atoms with E-state index in [0.29, 0.717) is 6.42 Å². The minimum atomic E-state index is -1.30. The molecule has 0 aromatic carbocycles. The third kappa shape index (κ3) is 5.31. The standard InChI is InChI=1S/C23H36O4S/c1-7-21(24)27-14-20-17(4)13-19(28(20)26)22(25)16(3)10-11-18-15(2)9-8-12-23(18,5)6/h10,13,19-20,22,25H,7-9,11-12,14H2,1-6H3/b16-10+. The zero-order valence-electron chi connectivity index (χ0n) is 18.2. The molecule has 0 aromatic heterocycles. The largest absolute Gasteiger partial charge is 0.615 e. The molecule has 1 aliphatic heterocycles. The molecule has 0 aromatic rings. The van der Waals surface area contributed by atoms with Crippen LogP contribution >= 0.6 is 0 Å². The van der Waals surface area contributed by atoms with Crippen LogP contribution in [0.15, 0.2) is 34.4 Å². The molecular formula is C23H36O4S. The summed E-state index contributed by atoms with van der Waals surface area (Å²) in [5, 5.41) is 10.1. The van der Waals surface area contributed by atoms with Gasteiger partial charge in [0.15, 0.2) is 10.5 Å². The van der Waals surface area contributed by atoms with Crippen molar-refractivity contribution in [1.29, 1.82) is 0 Å². The highest BCUT2D eigenvalue weighted by atomic mass is 32.2. The molecule has 0 fully saturated rings. The third-order valence-electron chi connectivity index (χ3n) is 6.26. The summed E-state index contributed by atoms with van der Waals surface area (Å²) >= 11 is -1.30. The van der Waals surface area contributed by atoms with Crippen LogP contribution in [0, 0.1) is 5.41 Å². The van der Waals surface area contributed by atoms with E-state index < -0.39 is 22.5 Å². The molecule has 0 radical (unpaired) electrons. The average molecular weight is 409 g/mol. The van der Waals surface area contributed by atoms with Gasteiger partial charge in [-0.25, -0.2) is 0 Å². The summed E-state index contributed by atoms with van der Waals surface area (Å²) in [7, 11) is 0. The molecule has 1 N–H and O–H groups in total. The van der Waals surface area contributed by atoms with Crippen LogP contribution in [-0.2, 0) is 20.7 Å². The Kier molecular flexibility index (Phi) is 8.00. The zero-order valence-corrected chi connectivity index (χ0v) is 19.0. The molecule has 2 aliphatic rings. The van der Waals surface area contributed by atoms with Crippen molar-refractivity contribution in [3.05, 3.63) is 34.4 Å². The summed E-state index contributed by atoms with van der Waals surface area (Å²) in [6.45, 7) is 12.5. The van der Waals surface area contributed by atoms with E-state index in [1.165, 1.54) is 24.0 Å². The van der Waals surface area contributed by atoms with Crippen molar-refractivity contribution in [3.63, 3.8) is 0 Å². The predicted octanol–water partition coefficient (Wildman–Crippen LogP) is 4.61. The van der Waals surface area contributed by atoms with Gasteiger partial charge < -0.3 is 14.4 Å². The third-order valence-corrected chi connectivity index (χ3v) is 8.26. The number of rotatable bonds is 7. The number of ether oxygens (including phenoxy) is 1. The van der Waals surface area contributed by atoms with Gasteiger partial charge >= 0.3 is 5.97 Å². The van der Waals surface area contributed by atoms with Crippen molar-refractivity contribution in [3.8, 4) is 0 Å². The lowest BCUT2D eigenvalue weighted by molar-refractivity contribution is -0.143. The van der Waals surface area contributed by atoms with Gasteiger partial charge in [-0.1, -0.05) is 38.0 Å². The van der Waals surface area contributed by atoms with E-state index in [-0.39, 0.29) is 23.2 Å². The molecule has 28 heavy (non-hydrogen) atoms. The van der Waals surface area contributed by atoms with Crippen LogP contribution < -0.4 is 0 Å². The number of carbonyl (C=O) groups excluding carboxylic acids is 1. The maximum absolute atomic E-state index is 12.9. The van der Waals surface area contributed by atoms with Crippen molar-refractivity contribution < 1.29 is 19.2 Å². The molecule has 4 nitrogen and oxygen atoms in total. The quantitative estimate of drug-likeness (QED) is 0.379. The van der Waals surface area contributed by atoms with E-state index in [4.69, 9.17) is 4.74 Å². The summed E-state index contributed by atoms with van der Waals surface area (Å²) in [5.74, 6) is -0.288. The average Bonchev–Trinajstić information content (AvgIpc) is 2.91. The second-order valence-corrected chi connectivity index (χ2v) is 10.6. The van der Waals surface area contributed by atoms with E-state index in [1.54, 1.807) is 6.92 Å². The first-order valence-corrected chi connectivity index (χ1v) is 11.6. The zero-order chi connectivity index (χ0) is 21.1. The molecule has 1 aliphatic carbocycles. The highest BCUT2D eigenvalue weighted by Gasteiger charge is 2.43. The second kappa shape index (κ2) is 9.64. The van der Waals surface area contributed by atoms with Gasteiger partial charge in [-0.05, 0) is 80.3 Å². The van der Waals surface area contributed by atoms with Crippen molar-refractivity contribution in [1.82, 2.24) is 0 Å². The summed E-state index contributed by atoms with van der Waals surface area (Å²) in [6.07, 6.45) is 7.93. The molecule has 0 saturated carbocycles. The van der Waals surface area contributed by atoms with Gasteiger partial charge in [-0.3, -0.25) is 4.79 Å².